The highest BCUT2D eigenvalue weighted by molar-refractivity contribution is 6.74. The third kappa shape index (κ3) is 6.18. The molecule has 0 rings (SSSR count). The summed E-state index contributed by atoms with van der Waals surface area (Å²) in [5.41, 5.74) is -0.537. The zero-order valence-corrected chi connectivity index (χ0v) is 17.9. The van der Waals surface area contributed by atoms with Gasteiger partial charge in [-0.05, 0) is 23.5 Å². The quantitative estimate of drug-likeness (QED) is 0.554. The van der Waals surface area contributed by atoms with Gasteiger partial charge in [0.05, 0.1) is 25.6 Å². The first-order valence-corrected chi connectivity index (χ1v) is 11.2. The molecule has 0 aromatic heterocycles. The molecular weight excluding hydrogens is 326 g/mol. The molecule has 1 N–H and O–H groups in total. The van der Waals surface area contributed by atoms with Gasteiger partial charge in [0.2, 0.25) is 5.91 Å². The lowest BCUT2D eigenvalue weighted by molar-refractivity contribution is -0.172. The van der Waals surface area contributed by atoms with Crippen molar-refractivity contribution in [3.63, 3.8) is 0 Å². The summed E-state index contributed by atoms with van der Waals surface area (Å²) in [5.74, 6) is -2.03. The second-order valence-electron chi connectivity index (χ2n) is 8.88. The minimum absolute atomic E-state index is 0.0227. The maximum Gasteiger partial charge on any atom is 0.309 e. The van der Waals surface area contributed by atoms with Gasteiger partial charge in [-0.3, -0.25) is 14.4 Å². The van der Waals surface area contributed by atoms with Crippen LogP contribution in [0.1, 0.15) is 48.0 Å². The topological polar surface area (TPSA) is 76.1 Å². The van der Waals surface area contributed by atoms with E-state index in [9.17, 15) is 14.7 Å². The van der Waals surface area contributed by atoms with E-state index in [2.05, 4.69) is 33.9 Å². The Bertz CT molecular complexity index is 451. The Hall–Kier alpha value is -0.923. The Morgan fingerprint density at radius 1 is 1.12 bits per heavy atom. The number of hydrogen-bond acceptors (Lipinski definition) is 4. The van der Waals surface area contributed by atoms with E-state index in [-0.39, 0.29) is 17.4 Å². The number of carboxylic acid groups (broad SMARTS) is 1. The van der Waals surface area contributed by atoms with Crippen LogP contribution in [0.25, 0.3) is 0 Å². The number of hydroxylamine groups is 2. The Labute approximate surface area is 147 Å². The van der Waals surface area contributed by atoms with Crippen molar-refractivity contribution >= 4 is 20.2 Å². The van der Waals surface area contributed by atoms with Crippen LogP contribution in [-0.2, 0) is 18.9 Å². The van der Waals surface area contributed by atoms with Crippen LogP contribution in [0.5, 0.6) is 0 Å². The first kappa shape index (κ1) is 23.1. The Balaban J connectivity index is 5.75. The van der Waals surface area contributed by atoms with Gasteiger partial charge in [-0.15, -0.1) is 0 Å². The van der Waals surface area contributed by atoms with Gasteiger partial charge < -0.3 is 9.53 Å². The summed E-state index contributed by atoms with van der Waals surface area (Å²) >= 11 is 0. The summed E-state index contributed by atoms with van der Waals surface area (Å²) in [4.78, 5) is 29.2. The third-order valence-corrected chi connectivity index (χ3v) is 9.33. The largest absolute Gasteiger partial charge is 0.481 e. The summed E-state index contributed by atoms with van der Waals surface area (Å²) in [6.45, 7) is 16.0. The fraction of sp³-hybridized carbons (Fsp3) is 0.882. The summed E-state index contributed by atoms with van der Waals surface area (Å²) < 4.78 is 6.37. The average Bonchev–Trinajstić information content (AvgIpc) is 2.33. The van der Waals surface area contributed by atoms with Gasteiger partial charge in [-0.1, -0.05) is 41.5 Å². The Kier molecular flexibility index (Phi) is 7.66. The lowest BCUT2D eigenvalue weighted by atomic mass is 9.76. The summed E-state index contributed by atoms with van der Waals surface area (Å²) in [6, 6.07) is 0. The van der Waals surface area contributed by atoms with Crippen LogP contribution >= 0.6 is 0 Å². The van der Waals surface area contributed by atoms with E-state index in [1.54, 1.807) is 0 Å². The van der Waals surface area contributed by atoms with Crippen LogP contribution in [0.3, 0.4) is 0 Å². The summed E-state index contributed by atoms with van der Waals surface area (Å²) in [6.07, 6.45) is -0.723. The van der Waals surface area contributed by atoms with E-state index in [1.807, 2.05) is 20.8 Å². The molecule has 0 saturated heterocycles. The van der Waals surface area contributed by atoms with Crippen molar-refractivity contribution in [3.8, 4) is 0 Å². The van der Waals surface area contributed by atoms with Gasteiger partial charge in [-0.25, -0.2) is 5.06 Å². The number of carbonyl (C=O) groups is 2. The summed E-state index contributed by atoms with van der Waals surface area (Å²) in [5, 5.41) is 10.8. The van der Waals surface area contributed by atoms with Gasteiger partial charge in [0.15, 0.2) is 8.32 Å². The van der Waals surface area contributed by atoms with Crippen molar-refractivity contribution in [3.05, 3.63) is 0 Å². The molecule has 142 valence electrons. The Morgan fingerprint density at radius 2 is 1.58 bits per heavy atom. The van der Waals surface area contributed by atoms with Crippen LogP contribution < -0.4 is 0 Å². The second-order valence-corrected chi connectivity index (χ2v) is 13.6. The molecule has 0 fully saturated rings. The molecule has 1 unspecified atom stereocenters. The zero-order valence-electron chi connectivity index (χ0n) is 16.9. The van der Waals surface area contributed by atoms with Crippen molar-refractivity contribution in [2.75, 3.05) is 14.2 Å². The second kappa shape index (κ2) is 7.97. The van der Waals surface area contributed by atoms with E-state index in [0.717, 1.165) is 5.06 Å². The van der Waals surface area contributed by atoms with Crippen LogP contribution in [0.2, 0.25) is 18.1 Å². The van der Waals surface area contributed by atoms with Crippen molar-refractivity contribution < 1.29 is 24.0 Å². The van der Waals surface area contributed by atoms with E-state index < -0.39 is 31.7 Å². The molecular formula is C17H35NO5Si. The normalized spacial score (nSPS) is 15.8. The lowest BCUT2D eigenvalue weighted by Crippen LogP contribution is -2.51. The molecule has 2 atom stereocenters. The van der Waals surface area contributed by atoms with Gasteiger partial charge >= 0.3 is 5.97 Å². The van der Waals surface area contributed by atoms with E-state index in [1.165, 1.54) is 14.2 Å². The van der Waals surface area contributed by atoms with Crippen molar-refractivity contribution in [2.45, 2.75) is 72.2 Å². The maximum absolute atomic E-state index is 12.3. The van der Waals surface area contributed by atoms with E-state index >= 15 is 0 Å². The molecule has 0 bridgehead atoms. The van der Waals surface area contributed by atoms with Crippen LogP contribution in [0.15, 0.2) is 0 Å². The third-order valence-electron chi connectivity index (χ3n) is 4.82. The van der Waals surface area contributed by atoms with Gasteiger partial charge in [-0.2, -0.15) is 0 Å². The molecule has 0 aliphatic rings. The first-order chi connectivity index (χ1) is 10.5. The highest BCUT2D eigenvalue weighted by Gasteiger charge is 2.46. The lowest BCUT2D eigenvalue weighted by Gasteiger charge is -2.43. The van der Waals surface area contributed by atoms with Crippen LogP contribution in [0, 0.1) is 11.3 Å². The SMILES string of the molecule is CON(C)C(=O)CC(O[Si](C)(C)C(C)(C)C)[C@@H](C(=O)O)C(C)(C)C. The molecule has 0 radical (unpaired) electrons. The molecule has 7 heteroatoms. The van der Waals surface area contributed by atoms with Gasteiger partial charge in [0, 0.05) is 7.05 Å². The van der Waals surface area contributed by atoms with Crippen LogP contribution in [-0.4, -0.2) is 50.6 Å². The molecule has 0 spiro atoms. The van der Waals surface area contributed by atoms with Crippen molar-refractivity contribution in [1.82, 2.24) is 5.06 Å². The molecule has 6 nitrogen and oxygen atoms in total. The number of aliphatic carboxylic acids is 1. The number of carbonyl (C=O) groups excluding carboxylic acids is 1. The van der Waals surface area contributed by atoms with E-state index in [4.69, 9.17) is 9.26 Å². The highest BCUT2D eigenvalue weighted by atomic mass is 28.4. The number of rotatable bonds is 7. The minimum atomic E-state index is -2.24. The molecule has 0 aromatic carbocycles. The average molecular weight is 362 g/mol. The Morgan fingerprint density at radius 3 is 1.88 bits per heavy atom. The van der Waals surface area contributed by atoms with Crippen molar-refractivity contribution in [2.24, 2.45) is 11.3 Å². The molecule has 0 aromatic rings. The zero-order chi connectivity index (χ0) is 19.5. The fourth-order valence-corrected chi connectivity index (χ4v) is 3.60. The highest BCUT2D eigenvalue weighted by Crippen LogP contribution is 2.41. The molecule has 0 aliphatic carbocycles. The molecule has 0 heterocycles. The minimum Gasteiger partial charge on any atom is -0.481 e. The van der Waals surface area contributed by atoms with Gasteiger partial charge in [0.25, 0.3) is 0 Å². The first-order valence-electron chi connectivity index (χ1n) is 8.26. The fourth-order valence-electron chi connectivity index (χ4n) is 2.27. The predicted molar refractivity (Wildman–Crippen MR) is 97.0 cm³/mol. The molecule has 0 saturated carbocycles. The maximum atomic E-state index is 12.3. The number of carboxylic acids is 1. The van der Waals surface area contributed by atoms with Crippen molar-refractivity contribution in [1.29, 1.82) is 0 Å². The standard InChI is InChI=1S/C17H35NO5Si/c1-16(2,3)14(15(20)21)12(11-13(19)18(7)22-8)23-24(9,10)17(4,5)6/h12,14H,11H2,1-10H3,(H,20,21)/t12?,14-/m0/s1. The number of hydrogen-bond donors (Lipinski definition) is 1. The van der Waals surface area contributed by atoms with Crippen LogP contribution in [0.4, 0.5) is 0 Å². The number of nitrogens with zero attached hydrogens (tertiary/aromatic N) is 1. The smallest absolute Gasteiger partial charge is 0.309 e. The predicted octanol–water partition coefficient (Wildman–Crippen LogP) is 3.53. The van der Waals surface area contributed by atoms with E-state index in [0.29, 0.717) is 0 Å². The molecule has 0 aliphatic heterocycles. The summed E-state index contributed by atoms with van der Waals surface area (Å²) in [7, 11) is 0.673. The molecule has 1 amide bonds. The molecule has 24 heavy (non-hydrogen) atoms. The monoisotopic (exact) mass is 361 g/mol. The van der Waals surface area contributed by atoms with Gasteiger partial charge in [0.1, 0.15) is 0 Å². The number of amides is 1.